The molecule has 0 saturated heterocycles. The normalized spacial score (nSPS) is 11.6. The first-order chi connectivity index (χ1) is 16.5. The van der Waals surface area contributed by atoms with E-state index in [0.29, 0.717) is 11.1 Å². The first kappa shape index (κ1) is 20.4. The lowest BCUT2D eigenvalue weighted by atomic mass is 9.85. The topological polar surface area (TPSA) is 46.2 Å². The zero-order valence-electron chi connectivity index (χ0n) is 19.3. The second-order valence-corrected chi connectivity index (χ2v) is 9.16. The molecule has 164 valence electrons. The number of nitrogens with one attached hydrogen (secondary N) is 1. The number of hydrogen-bond acceptors (Lipinski definition) is 2. The Morgan fingerprint density at radius 3 is 1.76 bits per heavy atom. The Morgan fingerprint density at radius 1 is 0.618 bits per heavy atom. The molecular formula is C31H23NO2. The summed E-state index contributed by atoms with van der Waals surface area (Å²) in [4.78, 5) is 25.2. The Labute approximate surface area is 197 Å². The number of aldehydes is 1. The first-order valence-corrected chi connectivity index (χ1v) is 11.4. The molecule has 1 N–H and O–H groups in total. The van der Waals surface area contributed by atoms with Crippen molar-refractivity contribution in [2.24, 2.45) is 0 Å². The van der Waals surface area contributed by atoms with Gasteiger partial charge in [-0.15, -0.1) is 0 Å². The van der Waals surface area contributed by atoms with E-state index in [1.54, 1.807) is 0 Å². The fraction of sp³-hybridized carbons (Fsp3) is 0.0968. The van der Waals surface area contributed by atoms with Gasteiger partial charge in [-0.05, 0) is 93.2 Å². The van der Waals surface area contributed by atoms with Crippen molar-refractivity contribution in [1.82, 2.24) is 0 Å². The monoisotopic (exact) mass is 441 g/mol. The van der Waals surface area contributed by atoms with Crippen molar-refractivity contribution in [3.8, 4) is 0 Å². The minimum atomic E-state index is -0.119. The van der Waals surface area contributed by atoms with Crippen LogP contribution in [0, 0.1) is 20.8 Å². The Morgan fingerprint density at radius 2 is 1.15 bits per heavy atom. The van der Waals surface area contributed by atoms with Crippen LogP contribution in [0.1, 0.15) is 37.4 Å². The Bertz CT molecular complexity index is 1760. The first-order valence-electron chi connectivity index (χ1n) is 11.4. The van der Waals surface area contributed by atoms with Gasteiger partial charge in [0.1, 0.15) is 0 Å². The number of carbonyl (C=O) groups excluding carboxylic acids is 2. The van der Waals surface area contributed by atoms with E-state index in [9.17, 15) is 9.59 Å². The fourth-order valence-electron chi connectivity index (χ4n) is 5.39. The summed E-state index contributed by atoms with van der Waals surface area (Å²) in [6.07, 6.45) is 0.939. The van der Waals surface area contributed by atoms with E-state index in [1.807, 2.05) is 49.4 Å². The van der Waals surface area contributed by atoms with Crippen LogP contribution in [-0.4, -0.2) is 12.2 Å². The minimum Gasteiger partial charge on any atom is -0.322 e. The summed E-state index contributed by atoms with van der Waals surface area (Å²) in [5, 5.41) is 11.6. The van der Waals surface area contributed by atoms with Crippen molar-refractivity contribution in [2.75, 3.05) is 5.32 Å². The second-order valence-electron chi connectivity index (χ2n) is 9.16. The van der Waals surface area contributed by atoms with Crippen LogP contribution in [0.2, 0.25) is 0 Å². The summed E-state index contributed by atoms with van der Waals surface area (Å²) < 4.78 is 0. The molecule has 34 heavy (non-hydrogen) atoms. The summed E-state index contributed by atoms with van der Waals surface area (Å²) in [5.41, 5.74) is 5.44. The molecule has 1 amide bonds. The lowest BCUT2D eigenvalue weighted by Gasteiger charge is -2.19. The number of fused-ring (bicyclic) bond motifs is 2. The minimum absolute atomic E-state index is 0.119. The van der Waals surface area contributed by atoms with Gasteiger partial charge in [0.15, 0.2) is 6.29 Å². The van der Waals surface area contributed by atoms with Gasteiger partial charge < -0.3 is 5.32 Å². The summed E-state index contributed by atoms with van der Waals surface area (Å²) in [5.74, 6) is -0.119. The van der Waals surface area contributed by atoms with Crippen LogP contribution in [0.15, 0.2) is 72.8 Å². The molecule has 6 aromatic carbocycles. The van der Waals surface area contributed by atoms with Gasteiger partial charge in [-0.1, -0.05) is 60.2 Å². The maximum Gasteiger partial charge on any atom is 0.256 e. The predicted octanol–water partition coefficient (Wildman–Crippen LogP) is 7.73. The highest BCUT2D eigenvalue weighted by molar-refractivity contribution is 6.36. The standard InChI is InChI=1S/C31H23NO2/c1-17-4-9-21(10-5-17)32-31(34)26-15-14-25-22-11-6-18(2)27-20(16-33)8-13-24(29(22)27)23-12-7-19(3)28(26)30(23)25/h4-16H,1-3H3,(H,32,34). The lowest BCUT2D eigenvalue weighted by molar-refractivity contribution is 0.102. The van der Waals surface area contributed by atoms with Crippen LogP contribution in [0.25, 0.3) is 43.1 Å². The molecule has 6 aromatic rings. The van der Waals surface area contributed by atoms with Crippen LogP contribution < -0.4 is 5.32 Å². The fourth-order valence-corrected chi connectivity index (χ4v) is 5.39. The number of benzene rings is 6. The largest absolute Gasteiger partial charge is 0.322 e. The number of carbonyl (C=O) groups is 2. The van der Waals surface area contributed by atoms with Gasteiger partial charge in [0, 0.05) is 16.8 Å². The molecule has 0 spiro atoms. The quantitative estimate of drug-likeness (QED) is 0.173. The van der Waals surface area contributed by atoms with E-state index >= 15 is 0 Å². The number of amides is 1. The van der Waals surface area contributed by atoms with Gasteiger partial charge in [0.2, 0.25) is 0 Å². The third-order valence-electron chi connectivity index (χ3n) is 7.03. The van der Waals surface area contributed by atoms with Crippen molar-refractivity contribution < 1.29 is 9.59 Å². The maximum atomic E-state index is 13.4. The highest BCUT2D eigenvalue weighted by atomic mass is 16.1. The van der Waals surface area contributed by atoms with Crippen LogP contribution in [0.3, 0.4) is 0 Å². The van der Waals surface area contributed by atoms with E-state index < -0.39 is 0 Å². The third-order valence-corrected chi connectivity index (χ3v) is 7.03. The van der Waals surface area contributed by atoms with Gasteiger partial charge in [-0.3, -0.25) is 9.59 Å². The molecule has 0 atom stereocenters. The molecule has 3 heteroatoms. The number of hydrogen-bond donors (Lipinski definition) is 1. The number of rotatable bonds is 3. The summed E-state index contributed by atoms with van der Waals surface area (Å²) in [7, 11) is 0. The molecule has 0 bridgehead atoms. The van der Waals surface area contributed by atoms with Crippen molar-refractivity contribution in [3.05, 3.63) is 101 Å². The molecule has 0 aliphatic heterocycles. The second kappa shape index (κ2) is 7.39. The average molecular weight is 442 g/mol. The molecule has 0 aliphatic carbocycles. The molecular weight excluding hydrogens is 418 g/mol. The zero-order chi connectivity index (χ0) is 23.6. The van der Waals surface area contributed by atoms with Crippen LogP contribution in [0.5, 0.6) is 0 Å². The molecule has 0 unspecified atom stereocenters. The van der Waals surface area contributed by atoms with Crippen LogP contribution >= 0.6 is 0 Å². The van der Waals surface area contributed by atoms with E-state index in [-0.39, 0.29) is 5.91 Å². The Balaban J connectivity index is 1.69. The number of aryl methyl sites for hydroxylation is 3. The molecule has 6 rings (SSSR count). The Kier molecular flexibility index (Phi) is 4.43. The van der Waals surface area contributed by atoms with Gasteiger partial charge >= 0.3 is 0 Å². The molecule has 0 aliphatic rings. The summed E-state index contributed by atoms with van der Waals surface area (Å²) in [6.45, 7) is 6.13. The van der Waals surface area contributed by atoms with Crippen LogP contribution in [0.4, 0.5) is 5.69 Å². The molecule has 0 fully saturated rings. The van der Waals surface area contributed by atoms with Gasteiger partial charge in [0.05, 0.1) is 0 Å². The molecule has 0 heterocycles. The van der Waals surface area contributed by atoms with Crippen molar-refractivity contribution in [3.63, 3.8) is 0 Å². The SMILES string of the molecule is Cc1ccc(NC(=O)c2ccc3c4ccc(C)c5c(C=O)ccc(c6ccc(C)c2c63)c54)cc1. The molecule has 0 radical (unpaired) electrons. The third kappa shape index (κ3) is 2.83. The van der Waals surface area contributed by atoms with E-state index in [0.717, 1.165) is 71.8 Å². The predicted molar refractivity (Wildman–Crippen MR) is 142 cm³/mol. The van der Waals surface area contributed by atoms with Crippen molar-refractivity contribution >= 4 is 61.0 Å². The number of anilines is 1. The molecule has 0 aromatic heterocycles. The lowest BCUT2D eigenvalue weighted by Crippen LogP contribution is -2.13. The maximum absolute atomic E-state index is 13.4. The van der Waals surface area contributed by atoms with Crippen LogP contribution in [-0.2, 0) is 0 Å². The van der Waals surface area contributed by atoms with Gasteiger partial charge in [-0.25, -0.2) is 0 Å². The summed E-state index contributed by atoms with van der Waals surface area (Å²) >= 11 is 0. The van der Waals surface area contributed by atoms with Crippen molar-refractivity contribution in [2.45, 2.75) is 20.8 Å². The van der Waals surface area contributed by atoms with E-state index in [4.69, 9.17) is 0 Å². The average Bonchev–Trinajstić information content (AvgIpc) is 2.85. The zero-order valence-corrected chi connectivity index (χ0v) is 19.3. The van der Waals surface area contributed by atoms with E-state index in [2.05, 4.69) is 49.5 Å². The highest BCUT2D eigenvalue weighted by Crippen LogP contribution is 2.43. The molecule has 3 nitrogen and oxygen atoms in total. The summed E-state index contributed by atoms with van der Waals surface area (Å²) in [6, 6.07) is 24.2. The molecule has 0 saturated carbocycles. The van der Waals surface area contributed by atoms with E-state index in [1.165, 1.54) is 0 Å². The van der Waals surface area contributed by atoms with Gasteiger partial charge in [0.25, 0.3) is 5.91 Å². The van der Waals surface area contributed by atoms with Crippen molar-refractivity contribution in [1.29, 1.82) is 0 Å². The highest BCUT2D eigenvalue weighted by Gasteiger charge is 2.20. The Hall–Kier alpha value is -4.24. The van der Waals surface area contributed by atoms with Gasteiger partial charge in [-0.2, -0.15) is 0 Å². The smallest absolute Gasteiger partial charge is 0.256 e.